The van der Waals surface area contributed by atoms with E-state index in [1.165, 1.54) is 16.9 Å². The van der Waals surface area contributed by atoms with Crippen LogP contribution in [0.15, 0.2) is 77.7 Å². The van der Waals surface area contributed by atoms with Crippen LogP contribution in [0.1, 0.15) is 24.5 Å². The van der Waals surface area contributed by atoms with Crippen molar-refractivity contribution < 1.29 is 4.74 Å². The van der Waals surface area contributed by atoms with Crippen molar-refractivity contribution in [2.45, 2.75) is 25.9 Å². The second-order valence-electron chi connectivity index (χ2n) is 7.24. The maximum absolute atomic E-state index is 9.14. The van der Waals surface area contributed by atoms with E-state index in [2.05, 4.69) is 52.2 Å². The van der Waals surface area contributed by atoms with Crippen LogP contribution in [0.25, 0.3) is 10.9 Å². The van der Waals surface area contributed by atoms with Gasteiger partial charge in [-0.25, -0.2) is 10.1 Å². The van der Waals surface area contributed by atoms with Crippen molar-refractivity contribution in [3.63, 3.8) is 0 Å². The zero-order chi connectivity index (χ0) is 20.2. The van der Waals surface area contributed by atoms with Crippen LogP contribution in [-0.4, -0.2) is 12.6 Å². The number of allylic oxidation sites excluding steroid dienone is 3. The van der Waals surface area contributed by atoms with Crippen LogP contribution in [0.3, 0.4) is 0 Å². The standard InChI is InChI=1S/C25H21N3O/c1-18-14-21(24(17-26)27-2)16-23(29-18)10-8-19-9-11-25-20(15-19)12-13-28(25)22-6-4-3-5-7-22/h3-11,15-16,18H,12-14H2,1H3/b10-8+,24-21-. The van der Waals surface area contributed by atoms with E-state index in [1.807, 2.05) is 31.2 Å². The van der Waals surface area contributed by atoms with E-state index in [0.29, 0.717) is 12.2 Å². The molecule has 4 rings (SSSR count). The number of para-hydroxylation sites is 1. The molecular formula is C25H21N3O. The van der Waals surface area contributed by atoms with Crippen LogP contribution in [-0.2, 0) is 11.2 Å². The SMILES string of the molecule is [C-]#[N+]/C(C#N)=C1C=C(/C=C/c2ccc3c(c2)CCN3c2ccccc2)OC(C)C\1. The van der Waals surface area contributed by atoms with E-state index in [9.17, 15) is 0 Å². The summed E-state index contributed by atoms with van der Waals surface area (Å²) in [6.07, 6.45) is 7.29. The van der Waals surface area contributed by atoms with Crippen LogP contribution in [0.2, 0.25) is 0 Å². The number of hydrogen-bond donors (Lipinski definition) is 0. The molecule has 0 aliphatic carbocycles. The van der Waals surface area contributed by atoms with Crippen LogP contribution in [0.4, 0.5) is 11.4 Å². The summed E-state index contributed by atoms with van der Waals surface area (Å²) in [7, 11) is 0. The molecule has 0 N–H and O–H groups in total. The van der Waals surface area contributed by atoms with Crippen molar-refractivity contribution in [3.8, 4) is 6.07 Å². The first kappa shape index (κ1) is 18.6. The third-order valence-electron chi connectivity index (χ3n) is 5.19. The third kappa shape index (κ3) is 3.93. The summed E-state index contributed by atoms with van der Waals surface area (Å²) in [5.74, 6) is 0.682. The fourth-order valence-electron chi connectivity index (χ4n) is 3.85. The molecule has 0 bridgehead atoms. The minimum atomic E-state index is -0.0563. The molecule has 0 amide bonds. The van der Waals surface area contributed by atoms with Crippen LogP contribution in [0, 0.1) is 17.9 Å². The average Bonchev–Trinajstić information content (AvgIpc) is 3.17. The first-order chi connectivity index (χ1) is 14.2. The first-order valence-corrected chi connectivity index (χ1v) is 9.70. The van der Waals surface area contributed by atoms with Crippen LogP contribution in [0.5, 0.6) is 0 Å². The van der Waals surface area contributed by atoms with Crippen molar-refractivity contribution in [3.05, 3.63) is 100 Å². The number of hydrogen-bond acceptors (Lipinski definition) is 3. The molecule has 0 aromatic heterocycles. The lowest BCUT2D eigenvalue weighted by Crippen LogP contribution is -2.13. The Morgan fingerprint density at radius 1 is 1.24 bits per heavy atom. The molecule has 142 valence electrons. The van der Waals surface area contributed by atoms with Crippen molar-refractivity contribution in [2.24, 2.45) is 0 Å². The number of benzene rings is 2. The molecule has 2 heterocycles. The Bertz CT molecular complexity index is 1080. The molecule has 4 nitrogen and oxygen atoms in total. The van der Waals surface area contributed by atoms with Gasteiger partial charge in [0.15, 0.2) is 0 Å². The maximum atomic E-state index is 9.14. The van der Waals surface area contributed by atoms with Gasteiger partial charge in [0.05, 0.1) is 18.7 Å². The van der Waals surface area contributed by atoms with Gasteiger partial charge in [-0.05, 0) is 66.5 Å². The van der Waals surface area contributed by atoms with Crippen molar-refractivity contribution in [1.82, 2.24) is 0 Å². The number of rotatable bonds is 3. The van der Waals surface area contributed by atoms with Gasteiger partial charge in [0.2, 0.25) is 0 Å². The molecule has 0 saturated heterocycles. The summed E-state index contributed by atoms with van der Waals surface area (Å²) in [6.45, 7) is 10.1. The lowest BCUT2D eigenvalue weighted by molar-refractivity contribution is 0.133. The lowest BCUT2D eigenvalue weighted by atomic mass is 10.0. The van der Waals surface area contributed by atoms with Gasteiger partial charge in [-0.2, -0.15) is 0 Å². The average molecular weight is 379 g/mol. The predicted octanol–water partition coefficient (Wildman–Crippen LogP) is 5.78. The van der Waals surface area contributed by atoms with Crippen LogP contribution >= 0.6 is 0 Å². The van der Waals surface area contributed by atoms with Gasteiger partial charge in [-0.15, -0.1) is 0 Å². The van der Waals surface area contributed by atoms with E-state index in [-0.39, 0.29) is 11.8 Å². The summed E-state index contributed by atoms with van der Waals surface area (Å²) >= 11 is 0. The van der Waals surface area contributed by atoms with Gasteiger partial charge in [-0.3, -0.25) is 0 Å². The quantitative estimate of drug-likeness (QED) is 0.501. The Morgan fingerprint density at radius 2 is 2.07 bits per heavy atom. The van der Waals surface area contributed by atoms with Crippen LogP contribution < -0.4 is 4.90 Å². The number of nitrogens with zero attached hydrogens (tertiary/aromatic N) is 3. The largest absolute Gasteiger partial charge is 0.490 e. The second-order valence-corrected chi connectivity index (χ2v) is 7.24. The number of fused-ring (bicyclic) bond motifs is 1. The summed E-state index contributed by atoms with van der Waals surface area (Å²) < 4.78 is 5.86. The fourth-order valence-corrected chi connectivity index (χ4v) is 3.85. The van der Waals surface area contributed by atoms with Crippen molar-refractivity contribution in [1.29, 1.82) is 5.26 Å². The highest BCUT2D eigenvalue weighted by atomic mass is 16.5. The number of nitriles is 1. The molecule has 0 fully saturated rings. The molecule has 0 saturated carbocycles. The van der Waals surface area contributed by atoms with E-state index in [1.54, 1.807) is 6.08 Å². The van der Waals surface area contributed by atoms with E-state index in [4.69, 9.17) is 16.6 Å². The minimum absolute atomic E-state index is 0.0563. The highest BCUT2D eigenvalue weighted by Crippen LogP contribution is 2.35. The zero-order valence-electron chi connectivity index (χ0n) is 16.3. The molecule has 2 aliphatic rings. The van der Waals surface area contributed by atoms with Gasteiger partial charge < -0.3 is 9.64 Å². The Hall–Kier alpha value is -3.76. The van der Waals surface area contributed by atoms with Crippen molar-refractivity contribution >= 4 is 17.5 Å². The fraction of sp³-hybridized carbons (Fsp3) is 0.200. The predicted molar refractivity (Wildman–Crippen MR) is 115 cm³/mol. The lowest BCUT2D eigenvalue weighted by Gasteiger charge is -2.22. The molecule has 2 aromatic rings. The van der Waals surface area contributed by atoms with Gasteiger partial charge in [0.1, 0.15) is 5.76 Å². The maximum Gasteiger partial charge on any atom is 0.265 e. The van der Waals surface area contributed by atoms with Gasteiger partial charge >= 0.3 is 0 Å². The zero-order valence-corrected chi connectivity index (χ0v) is 16.3. The first-order valence-electron chi connectivity index (χ1n) is 9.70. The molecule has 2 aliphatic heterocycles. The number of ether oxygens (including phenoxy) is 1. The highest BCUT2D eigenvalue weighted by molar-refractivity contribution is 5.72. The topological polar surface area (TPSA) is 40.6 Å². The summed E-state index contributed by atoms with van der Waals surface area (Å²) in [6, 6.07) is 18.9. The third-order valence-corrected chi connectivity index (χ3v) is 5.19. The summed E-state index contributed by atoms with van der Waals surface area (Å²) in [4.78, 5) is 5.68. The highest BCUT2D eigenvalue weighted by Gasteiger charge is 2.20. The molecule has 1 unspecified atom stereocenters. The normalized spacial score (nSPS) is 19.8. The smallest absolute Gasteiger partial charge is 0.265 e. The van der Waals surface area contributed by atoms with Gasteiger partial charge in [0.25, 0.3) is 5.70 Å². The van der Waals surface area contributed by atoms with E-state index in [0.717, 1.165) is 24.1 Å². The second kappa shape index (κ2) is 8.09. The Labute approximate surface area is 171 Å². The molecule has 1 atom stereocenters. The van der Waals surface area contributed by atoms with Gasteiger partial charge in [0, 0.05) is 24.3 Å². The summed E-state index contributed by atoms with van der Waals surface area (Å²) in [5.41, 5.74) is 5.81. The summed E-state index contributed by atoms with van der Waals surface area (Å²) in [5, 5.41) is 9.14. The Kier molecular flexibility index (Phi) is 5.18. The van der Waals surface area contributed by atoms with E-state index < -0.39 is 0 Å². The molecular weight excluding hydrogens is 358 g/mol. The Morgan fingerprint density at radius 3 is 2.83 bits per heavy atom. The number of anilines is 2. The molecule has 2 aromatic carbocycles. The molecule has 29 heavy (non-hydrogen) atoms. The molecule has 4 heteroatoms. The molecule has 0 radical (unpaired) electrons. The van der Waals surface area contributed by atoms with Crippen molar-refractivity contribution in [2.75, 3.05) is 11.4 Å². The Balaban J connectivity index is 1.57. The molecule has 0 spiro atoms. The van der Waals surface area contributed by atoms with Gasteiger partial charge in [-0.1, -0.05) is 30.3 Å². The minimum Gasteiger partial charge on any atom is -0.490 e. The van der Waals surface area contributed by atoms with E-state index >= 15 is 0 Å². The monoisotopic (exact) mass is 379 g/mol.